The Morgan fingerprint density at radius 2 is 2.12 bits per heavy atom. The molecule has 0 heterocycles. The lowest BCUT2D eigenvalue weighted by molar-refractivity contribution is 0.00775. The molecule has 1 rings (SSSR count). The molecular weight excluding hydrogens is 230 g/mol. The highest BCUT2D eigenvalue weighted by Crippen LogP contribution is 2.30. The molecule has 1 saturated carbocycles. The van der Waals surface area contributed by atoms with E-state index in [0.29, 0.717) is 6.04 Å². The highest BCUT2D eigenvalue weighted by Gasteiger charge is 2.27. The fraction of sp³-hybridized carbons (Fsp3) is 1.00. The standard InChI is InChI=1S/C14H29NOS/c1-6-17-13-8-7-12(9-13)15-11(2)10-14(3,4)16-5/h11-13,15H,6-10H2,1-5H3. The summed E-state index contributed by atoms with van der Waals surface area (Å²) in [6, 6.07) is 1.27. The largest absolute Gasteiger partial charge is 0.379 e. The van der Waals surface area contributed by atoms with Gasteiger partial charge in [-0.25, -0.2) is 0 Å². The topological polar surface area (TPSA) is 21.3 Å². The molecule has 2 nitrogen and oxygen atoms in total. The third kappa shape index (κ3) is 5.62. The zero-order valence-electron chi connectivity index (χ0n) is 12.1. The van der Waals surface area contributed by atoms with Crippen LogP contribution in [0.3, 0.4) is 0 Å². The lowest BCUT2D eigenvalue weighted by atomic mass is 9.99. The van der Waals surface area contributed by atoms with Gasteiger partial charge in [0, 0.05) is 24.4 Å². The Balaban J connectivity index is 2.26. The van der Waals surface area contributed by atoms with Gasteiger partial charge in [0.25, 0.3) is 0 Å². The first-order valence-corrected chi connectivity index (χ1v) is 7.94. The summed E-state index contributed by atoms with van der Waals surface area (Å²) in [5.74, 6) is 1.25. The smallest absolute Gasteiger partial charge is 0.0637 e. The van der Waals surface area contributed by atoms with Crippen molar-refractivity contribution in [2.45, 2.75) is 76.3 Å². The molecule has 3 atom stereocenters. The van der Waals surface area contributed by atoms with Crippen molar-refractivity contribution in [3.8, 4) is 0 Å². The number of methoxy groups -OCH3 is 1. The quantitative estimate of drug-likeness (QED) is 0.756. The third-order valence-corrected chi connectivity index (χ3v) is 4.89. The maximum absolute atomic E-state index is 5.49. The Morgan fingerprint density at radius 1 is 1.41 bits per heavy atom. The summed E-state index contributed by atoms with van der Waals surface area (Å²) in [5.41, 5.74) is -0.0113. The van der Waals surface area contributed by atoms with Crippen LogP contribution in [0.25, 0.3) is 0 Å². The molecule has 102 valence electrons. The number of hydrogen-bond acceptors (Lipinski definition) is 3. The monoisotopic (exact) mass is 259 g/mol. The van der Waals surface area contributed by atoms with Gasteiger partial charge in [0.2, 0.25) is 0 Å². The molecule has 3 heteroatoms. The lowest BCUT2D eigenvalue weighted by Crippen LogP contribution is -2.40. The van der Waals surface area contributed by atoms with E-state index in [1.54, 1.807) is 7.11 Å². The van der Waals surface area contributed by atoms with Gasteiger partial charge in [0.1, 0.15) is 0 Å². The van der Waals surface area contributed by atoms with E-state index in [4.69, 9.17) is 4.74 Å². The molecule has 0 radical (unpaired) electrons. The molecule has 0 aromatic heterocycles. The molecular formula is C14H29NOS. The summed E-state index contributed by atoms with van der Waals surface area (Å²) in [7, 11) is 1.80. The van der Waals surface area contributed by atoms with E-state index in [1.165, 1.54) is 25.0 Å². The highest BCUT2D eigenvalue weighted by atomic mass is 32.2. The number of hydrogen-bond donors (Lipinski definition) is 1. The molecule has 3 unspecified atom stereocenters. The van der Waals surface area contributed by atoms with Crippen molar-refractivity contribution in [3.05, 3.63) is 0 Å². The Bertz CT molecular complexity index is 220. The van der Waals surface area contributed by atoms with Gasteiger partial charge in [0.15, 0.2) is 0 Å². The van der Waals surface area contributed by atoms with Crippen molar-refractivity contribution < 1.29 is 4.74 Å². The van der Waals surface area contributed by atoms with Gasteiger partial charge < -0.3 is 10.1 Å². The minimum atomic E-state index is -0.0113. The van der Waals surface area contributed by atoms with Gasteiger partial charge in [-0.15, -0.1) is 0 Å². The van der Waals surface area contributed by atoms with E-state index in [0.717, 1.165) is 17.7 Å². The van der Waals surface area contributed by atoms with E-state index in [9.17, 15) is 0 Å². The minimum Gasteiger partial charge on any atom is -0.379 e. The molecule has 0 bridgehead atoms. The van der Waals surface area contributed by atoms with Crippen LogP contribution in [-0.2, 0) is 4.74 Å². The molecule has 0 amide bonds. The van der Waals surface area contributed by atoms with Crippen LogP contribution in [0.2, 0.25) is 0 Å². The Morgan fingerprint density at radius 3 is 2.71 bits per heavy atom. The maximum Gasteiger partial charge on any atom is 0.0637 e. The Kier molecular flexibility index (Phi) is 6.32. The minimum absolute atomic E-state index is 0.0113. The summed E-state index contributed by atoms with van der Waals surface area (Å²) < 4.78 is 5.49. The molecule has 17 heavy (non-hydrogen) atoms. The SMILES string of the molecule is CCSC1CCC(NC(C)CC(C)(C)OC)C1. The second kappa shape index (κ2) is 7.01. The second-order valence-corrected chi connectivity index (χ2v) is 7.40. The summed E-state index contributed by atoms with van der Waals surface area (Å²) in [4.78, 5) is 0. The molecule has 1 aliphatic rings. The number of ether oxygens (including phenoxy) is 1. The summed E-state index contributed by atoms with van der Waals surface area (Å²) in [6.45, 7) is 8.86. The molecule has 0 saturated heterocycles. The van der Waals surface area contributed by atoms with Gasteiger partial charge in [-0.05, 0) is 52.2 Å². The van der Waals surface area contributed by atoms with Crippen LogP contribution in [0.4, 0.5) is 0 Å². The Hall–Kier alpha value is 0.270. The predicted octanol–water partition coefficient (Wildman–Crippen LogP) is 3.45. The van der Waals surface area contributed by atoms with Gasteiger partial charge in [0.05, 0.1) is 5.60 Å². The normalized spacial score (nSPS) is 27.4. The van der Waals surface area contributed by atoms with Crippen LogP contribution in [0.5, 0.6) is 0 Å². The first kappa shape index (κ1) is 15.3. The van der Waals surface area contributed by atoms with Crippen molar-refractivity contribution in [1.29, 1.82) is 0 Å². The van der Waals surface area contributed by atoms with Crippen molar-refractivity contribution in [3.63, 3.8) is 0 Å². The van der Waals surface area contributed by atoms with E-state index in [-0.39, 0.29) is 5.60 Å². The molecule has 0 aromatic carbocycles. The number of thioether (sulfide) groups is 1. The summed E-state index contributed by atoms with van der Waals surface area (Å²) >= 11 is 2.12. The first-order chi connectivity index (χ1) is 7.96. The molecule has 0 aliphatic heterocycles. The molecule has 1 fully saturated rings. The molecule has 0 spiro atoms. The maximum atomic E-state index is 5.49. The average molecular weight is 259 g/mol. The zero-order chi connectivity index (χ0) is 12.9. The van der Waals surface area contributed by atoms with E-state index >= 15 is 0 Å². The van der Waals surface area contributed by atoms with Crippen LogP contribution in [0.1, 0.15) is 53.4 Å². The predicted molar refractivity (Wildman–Crippen MR) is 77.9 cm³/mol. The van der Waals surface area contributed by atoms with Crippen LogP contribution < -0.4 is 5.32 Å². The summed E-state index contributed by atoms with van der Waals surface area (Å²) in [5, 5.41) is 4.65. The fourth-order valence-electron chi connectivity index (χ4n) is 2.76. The highest BCUT2D eigenvalue weighted by molar-refractivity contribution is 7.99. The van der Waals surface area contributed by atoms with Crippen LogP contribution in [0, 0.1) is 0 Å². The fourth-order valence-corrected chi connectivity index (χ4v) is 3.90. The lowest BCUT2D eigenvalue weighted by Gasteiger charge is -2.29. The van der Waals surface area contributed by atoms with E-state index in [2.05, 4.69) is 44.8 Å². The van der Waals surface area contributed by atoms with Gasteiger partial charge >= 0.3 is 0 Å². The zero-order valence-corrected chi connectivity index (χ0v) is 12.9. The van der Waals surface area contributed by atoms with Crippen molar-refractivity contribution in [1.82, 2.24) is 5.32 Å². The number of nitrogens with one attached hydrogen (secondary N) is 1. The molecule has 1 aliphatic carbocycles. The second-order valence-electron chi connectivity index (χ2n) is 5.82. The first-order valence-electron chi connectivity index (χ1n) is 6.89. The van der Waals surface area contributed by atoms with Crippen molar-refractivity contribution in [2.24, 2.45) is 0 Å². The van der Waals surface area contributed by atoms with Crippen LogP contribution in [0.15, 0.2) is 0 Å². The molecule has 0 aromatic rings. The third-order valence-electron chi connectivity index (χ3n) is 3.66. The van der Waals surface area contributed by atoms with E-state index < -0.39 is 0 Å². The van der Waals surface area contributed by atoms with Gasteiger partial charge in [-0.2, -0.15) is 11.8 Å². The van der Waals surface area contributed by atoms with Crippen molar-refractivity contribution >= 4 is 11.8 Å². The van der Waals surface area contributed by atoms with Crippen molar-refractivity contribution in [2.75, 3.05) is 12.9 Å². The van der Waals surface area contributed by atoms with Crippen LogP contribution >= 0.6 is 11.8 Å². The van der Waals surface area contributed by atoms with Crippen LogP contribution in [-0.4, -0.2) is 35.8 Å². The number of rotatable bonds is 7. The average Bonchev–Trinajstić information content (AvgIpc) is 2.65. The van der Waals surface area contributed by atoms with E-state index in [1.807, 2.05) is 0 Å². The Labute approximate surface area is 111 Å². The molecule has 1 N–H and O–H groups in total. The van der Waals surface area contributed by atoms with Gasteiger partial charge in [-0.3, -0.25) is 0 Å². The summed E-state index contributed by atoms with van der Waals surface area (Å²) in [6.07, 6.45) is 5.15. The van der Waals surface area contributed by atoms with Gasteiger partial charge in [-0.1, -0.05) is 6.92 Å².